The predicted molar refractivity (Wildman–Crippen MR) is 70.2 cm³/mol. The van der Waals surface area contributed by atoms with Gasteiger partial charge in [0, 0.05) is 25.0 Å². The molecular formula is C11H16N4OS. The number of hydrogen-bond acceptors (Lipinski definition) is 6. The maximum Gasteiger partial charge on any atom is 0.152 e. The molecule has 5 nitrogen and oxygen atoms in total. The molecule has 0 radical (unpaired) electrons. The van der Waals surface area contributed by atoms with Crippen LogP contribution in [0.2, 0.25) is 0 Å². The third-order valence-corrected chi connectivity index (χ3v) is 3.39. The van der Waals surface area contributed by atoms with Crippen molar-refractivity contribution in [2.45, 2.75) is 19.8 Å². The van der Waals surface area contributed by atoms with Crippen molar-refractivity contribution in [3.63, 3.8) is 0 Å². The third kappa shape index (κ3) is 2.71. The summed E-state index contributed by atoms with van der Waals surface area (Å²) >= 11 is 1.66. The summed E-state index contributed by atoms with van der Waals surface area (Å²) in [6.45, 7) is 2.77. The average Bonchev–Trinajstić information content (AvgIpc) is 2.68. The molecule has 2 aromatic heterocycles. The van der Waals surface area contributed by atoms with Crippen molar-refractivity contribution in [1.29, 1.82) is 0 Å². The van der Waals surface area contributed by atoms with Crippen LogP contribution in [0, 0.1) is 6.92 Å². The minimum atomic E-state index is 0.701. The quantitative estimate of drug-likeness (QED) is 0.483. The number of rotatable bonds is 5. The second-order valence-corrected chi connectivity index (χ2v) is 5.04. The highest BCUT2D eigenvalue weighted by molar-refractivity contribution is 7.18. The first-order valence-electron chi connectivity index (χ1n) is 5.47. The van der Waals surface area contributed by atoms with Crippen molar-refractivity contribution in [2.24, 2.45) is 5.84 Å². The number of nitrogens with two attached hydrogens (primary N) is 1. The number of nitrogen functional groups attached to an aromatic ring is 1. The van der Waals surface area contributed by atoms with E-state index in [1.807, 2.05) is 6.07 Å². The first-order valence-corrected chi connectivity index (χ1v) is 6.29. The van der Waals surface area contributed by atoms with Crippen molar-refractivity contribution < 1.29 is 4.74 Å². The summed E-state index contributed by atoms with van der Waals surface area (Å²) in [6.07, 6.45) is 1.71. The zero-order valence-electron chi connectivity index (χ0n) is 9.99. The Labute approximate surface area is 104 Å². The second kappa shape index (κ2) is 5.39. The largest absolute Gasteiger partial charge is 0.385 e. The number of fused-ring (bicyclic) bond motifs is 1. The lowest BCUT2D eigenvalue weighted by Gasteiger charge is -2.04. The molecule has 0 saturated carbocycles. The number of ether oxygens (including phenoxy) is 1. The van der Waals surface area contributed by atoms with Crippen LogP contribution in [0.5, 0.6) is 0 Å². The summed E-state index contributed by atoms with van der Waals surface area (Å²) in [6, 6.07) is 2.05. The van der Waals surface area contributed by atoms with Crippen LogP contribution in [0.3, 0.4) is 0 Å². The minimum Gasteiger partial charge on any atom is -0.385 e. The van der Waals surface area contributed by atoms with E-state index >= 15 is 0 Å². The average molecular weight is 252 g/mol. The summed E-state index contributed by atoms with van der Waals surface area (Å²) < 4.78 is 5.02. The summed E-state index contributed by atoms with van der Waals surface area (Å²) in [5, 5.41) is 0.991. The van der Waals surface area contributed by atoms with Gasteiger partial charge in [-0.25, -0.2) is 15.8 Å². The Morgan fingerprint density at radius 1 is 1.47 bits per heavy atom. The first-order chi connectivity index (χ1) is 8.24. The van der Waals surface area contributed by atoms with Gasteiger partial charge in [0.15, 0.2) is 5.82 Å². The van der Waals surface area contributed by atoms with Gasteiger partial charge >= 0.3 is 0 Å². The van der Waals surface area contributed by atoms with Crippen molar-refractivity contribution in [2.75, 3.05) is 19.1 Å². The number of nitrogens with one attached hydrogen (secondary N) is 1. The fourth-order valence-corrected chi connectivity index (χ4v) is 2.58. The summed E-state index contributed by atoms with van der Waals surface area (Å²) in [7, 11) is 1.69. The van der Waals surface area contributed by atoms with E-state index in [-0.39, 0.29) is 0 Å². The van der Waals surface area contributed by atoms with E-state index in [9.17, 15) is 0 Å². The Kier molecular flexibility index (Phi) is 3.88. The monoisotopic (exact) mass is 252 g/mol. The van der Waals surface area contributed by atoms with Crippen molar-refractivity contribution in [3.8, 4) is 0 Å². The molecule has 92 valence electrons. The Bertz CT molecular complexity index is 511. The smallest absolute Gasteiger partial charge is 0.152 e. The molecule has 6 heteroatoms. The van der Waals surface area contributed by atoms with Gasteiger partial charge in [0.2, 0.25) is 0 Å². The van der Waals surface area contributed by atoms with E-state index in [2.05, 4.69) is 22.3 Å². The SMILES string of the molecule is COCCCc1nc(NN)c2cc(C)sc2n1. The molecule has 3 N–H and O–H groups in total. The lowest BCUT2D eigenvalue weighted by atomic mass is 10.3. The van der Waals surface area contributed by atoms with Crippen molar-refractivity contribution in [1.82, 2.24) is 9.97 Å². The van der Waals surface area contributed by atoms with Crippen LogP contribution in [0.25, 0.3) is 10.2 Å². The molecule has 0 saturated heterocycles. The molecule has 2 heterocycles. The highest BCUT2D eigenvalue weighted by Gasteiger charge is 2.09. The van der Waals surface area contributed by atoms with Gasteiger partial charge in [-0.3, -0.25) is 0 Å². The molecule has 0 amide bonds. The number of hydrazine groups is 1. The molecule has 0 aliphatic heterocycles. The fourth-order valence-electron chi connectivity index (χ4n) is 1.68. The lowest BCUT2D eigenvalue weighted by molar-refractivity contribution is 0.194. The Morgan fingerprint density at radius 2 is 2.29 bits per heavy atom. The van der Waals surface area contributed by atoms with Crippen LogP contribution < -0.4 is 11.3 Å². The number of nitrogens with zero attached hydrogens (tertiary/aromatic N) is 2. The number of thiophene rings is 1. The molecule has 0 fully saturated rings. The molecule has 17 heavy (non-hydrogen) atoms. The number of hydrogen-bond donors (Lipinski definition) is 2. The number of methoxy groups -OCH3 is 1. The first kappa shape index (κ1) is 12.2. The second-order valence-electron chi connectivity index (χ2n) is 3.81. The van der Waals surface area contributed by atoms with Gasteiger partial charge in [-0.1, -0.05) is 0 Å². The van der Waals surface area contributed by atoms with Crippen LogP contribution in [-0.4, -0.2) is 23.7 Å². The van der Waals surface area contributed by atoms with E-state index in [4.69, 9.17) is 10.6 Å². The standard InChI is InChI=1S/C11H16N4OS/c1-7-6-8-10(15-12)13-9(4-3-5-16-2)14-11(8)17-7/h6H,3-5,12H2,1-2H3,(H,13,14,15). The number of aryl methyl sites for hydroxylation is 2. The van der Waals surface area contributed by atoms with Gasteiger partial charge in [-0.2, -0.15) is 0 Å². The molecule has 0 bridgehead atoms. The van der Waals surface area contributed by atoms with Gasteiger partial charge in [0.25, 0.3) is 0 Å². The van der Waals surface area contributed by atoms with Gasteiger partial charge in [0.1, 0.15) is 10.7 Å². The highest BCUT2D eigenvalue weighted by atomic mass is 32.1. The van der Waals surface area contributed by atoms with Gasteiger partial charge in [0.05, 0.1) is 5.39 Å². The van der Waals surface area contributed by atoms with Gasteiger partial charge in [-0.15, -0.1) is 11.3 Å². The summed E-state index contributed by atoms with van der Waals surface area (Å²) in [4.78, 5) is 11.1. The van der Waals surface area contributed by atoms with Crippen LogP contribution in [0.15, 0.2) is 6.07 Å². The molecule has 2 aromatic rings. The molecule has 0 unspecified atom stereocenters. The molecule has 0 atom stereocenters. The Balaban J connectivity index is 2.31. The minimum absolute atomic E-state index is 0.701. The van der Waals surface area contributed by atoms with E-state index in [1.54, 1.807) is 18.4 Å². The Morgan fingerprint density at radius 3 is 3.00 bits per heavy atom. The highest BCUT2D eigenvalue weighted by Crippen LogP contribution is 2.28. The topological polar surface area (TPSA) is 73.1 Å². The molecule has 0 aliphatic rings. The van der Waals surface area contributed by atoms with Crippen LogP contribution >= 0.6 is 11.3 Å². The Hall–Kier alpha value is -1.24. The zero-order valence-corrected chi connectivity index (χ0v) is 10.8. The number of anilines is 1. The normalized spacial score (nSPS) is 11.0. The molecule has 0 aliphatic carbocycles. The van der Waals surface area contributed by atoms with Crippen LogP contribution in [0.1, 0.15) is 17.1 Å². The molecule has 0 aromatic carbocycles. The fraction of sp³-hybridized carbons (Fsp3) is 0.455. The lowest BCUT2D eigenvalue weighted by Crippen LogP contribution is -2.11. The van der Waals surface area contributed by atoms with Crippen LogP contribution in [0.4, 0.5) is 5.82 Å². The maximum atomic E-state index is 5.49. The van der Waals surface area contributed by atoms with E-state index in [1.165, 1.54) is 4.88 Å². The van der Waals surface area contributed by atoms with Gasteiger partial charge in [-0.05, 0) is 19.4 Å². The number of aromatic nitrogens is 2. The zero-order chi connectivity index (χ0) is 12.3. The summed E-state index contributed by atoms with van der Waals surface area (Å²) in [5.74, 6) is 7.00. The van der Waals surface area contributed by atoms with E-state index < -0.39 is 0 Å². The molecule has 0 spiro atoms. The van der Waals surface area contributed by atoms with Gasteiger partial charge < -0.3 is 10.2 Å². The third-order valence-electron chi connectivity index (χ3n) is 2.45. The van der Waals surface area contributed by atoms with E-state index in [0.717, 1.165) is 35.5 Å². The maximum absolute atomic E-state index is 5.49. The predicted octanol–water partition coefficient (Wildman–Crippen LogP) is 1.86. The van der Waals surface area contributed by atoms with Crippen molar-refractivity contribution >= 4 is 27.4 Å². The van der Waals surface area contributed by atoms with E-state index in [0.29, 0.717) is 5.82 Å². The van der Waals surface area contributed by atoms with Crippen LogP contribution in [-0.2, 0) is 11.2 Å². The molecular weight excluding hydrogens is 236 g/mol. The summed E-state index contributed by atoms with van der Waals surface area (Å²) in [5.41, 5.74) is 2.64. The molecule has 2 rings (SSSR count). The van der Waals surface area contributed by atoms with Crippen molar-refractivity contribution in [3.05, 3.63) is 16.8 Å².